The van der Waals surface area contributed by atoms with Gasteiger partial charge in [-0.1, -0.05) is 6.92 Å². The quantitative estimate of drug-likeness (QED) is 0.631. The second-order valence-electron chi connectivity index (χ2n) is 3.45. The highest BCUT2D eigenvalue weighted by Gasteiger charge is 2.14. The number of rotatable bonds is 2. The zero-order chi connectivity index (χ0) is 11.1. The van der Waals surface area contributed by atoms with Crippen molar-refractivity contribution in [1.82, 2.24) is 34.6 Å². The lowest BCUT2D eigenvalue weighted by molar-refractivity contribution is 0.626. The Bertz CT molecular complexity index is 706. The molecule has 0 saturated carbocycles. The molecule has 0 unspecified atom stereocenters. The van der Waals surface area contributed by atoms with E-state index in [0.29, 0.717) is 23.4 Å². The van der Waals surface area contributed by atoms with Crippen LogP contribution in [0.25, 0.3) is 16.8 Å². The van der Waals surface area contributed by atoms with Crippen molar-refractivity contribution in [3.8, 4) is 0 Å². The van der Waals surface area contributed by atoms with Gasteiger partial charge >= 0.3 is 5.69 Å². The third kappa shape index (κ3) is 1.01. The Kier molecular flexibility index (Phi) is 1.76. The molecule has 0 saturated heterocycles. The number of fused-ring (bicyclic) bond motifs is 3. The Morgan fingerprint density at radius 2 is 2.31 bits per heavy atom. The number of hydrogen-bond donors (Lipinski definition) is 1. The molecule has 82 valence electrons. The second-order valence-corrected chi connectivity index (χ2v) is 3.45. The van der Waals surface area contributed by atoms with E-state index in [2.05, 4.69) is 25.5 Å². The fourth-order valence-electron chi connectivity index (χ4n) is 1.76. The number of aromatic nitrogens is 7. The summed E-state index contributed by atoms with van der Waals surface area (Å²) in [6.45, 7) is 2.59. The van der Waals surface area contributed by atoms with Crippen LogP contribution in [0.5, 0.6) is 0 Å². The third-order valence-corrected chi connectivity index (χ3v) is 2.43. The molecule has 0 radical (unpaired) electrons. The summed E-state index contributed by atoms with van der Waals surface area (Å²) in [7, 11) is 0. The highest BCUT2D eigenvalue weighted by molar-refractivity contribution is 5.84. The maximum atomic E-state index is 12.0. The van der Waals surface area contributed by atoms with Crippen LogP contribution in [-0.2, 0) is 6.54 Å². The molecule has 0 aliphatic rings. The van der Waals surface area contributed by atoms with Crippen LogP contribution in [0.2, 0.25) is 0 Å². The predicted octanol–water partition coefficient (Wildman–Crippen LogP) is -0.428. The first-order valence-corrected chi connectivity index (χ1v) is 4.97. The van der Waals surface area contributed by atoms with E-state index in [1.807, 2.05) is 6.92 Å². The molecule has 1 N–H and O–H groups in total. The lowest BCUT2D eigenvalue weighted by atomic mass is 10.4. The zero-order valence-electron chi connectivity index (χ0n) is 8.58. The fraction of sp³-hybridized carbons (Fsp3) is 0.375. The van der Waals surface area contributed by atoms with Crippen LogP contribution >= 0.6 is 0 Å². The molecule has 3 heterocycles. The molecule has 0 amide bonds. The number of H-pyrrole nitrogens is 1. The molecule has 0 atom stereocenters. The number of aryl methyl sites for hydroxylation is 1. The van der Waals surface area contributed by atoms with Crippen LogP contribution < -0.4 is 5.69 Å². The Hall–Kier alpha value is -2.25. The predicted molar refractivity (Wildman–Crippen MR) is 55.0 cm³/mol. The van der Waals surface area contributed by atoms with Gasteiger partial charge in [0, 0.05) is 6.54 Å². The third-order valence-electron chi connectivity index (χ3n) is 2.43. The van der Waals surface area contributed by atoms with Gasteiger partial charge in [0.15, 0.2) is 5.65 Å². The molecular weight excluding hydrogens is 210 g/mol. The minimum Gasteiger partial charge on any atom is -0.340 e. The van der Waals surface area contributed by atoms with Gasteiger partial charge in [0.25, 0.3) is 0 Å². The van der Waals surface area contributed by atoms with E-state index in [-0.39, 0.29) is 5.69 Å². The van der Waals surface area contributed by atoms with Crippen molar-refractivity contribution in [2.45, 2.75) is 19.9 Å². The topological polar surface area (TPSA) is 93.8 Å². The van der Waals surface area contributed by atoms with Gasteiger partial charge in [0.1, 0.15) is 5.52 Å². The molecule has 0 aromatic carbocycles. The number of hydrogen-bond acceptors (Lipinski definition) is 5. The van der Waals surface area contributed by atoms with Crippen molar-refractivity contribution >= 4 is 16.8 Å². The molecule has 8 nitrogen and oxygen atoms in total. The summed E-state index contributed by atoms with van der Waals surface area (Å²) >= 11 is 0. The van der Waals surface area contributed by atoms with Gasteiger partial charge in [-0.15, -0.1) is 9.61 Å². The summed E-state index contributed by atoms with van der Waals surface area (Å²) in [5.41, 5.74) is 1.42. The lowest BCUT2D eigenvalue weighted by Crippen LogP contribution is -2.28. The van der Waals surface area contributed by atoms with E-state index in [4.69, 9.17) is 0 Å². The Labute approximate surface area is 88.9 Å². The van der Waals surface area contributed by atoms with E-state index in [1.165, 1.54) is 10.8 Å². The summed E-state index contributed by atoms with van der Waals surface area (Å²) < 4.78 is 2.74. The van der Waals surface area contributed by atoms with Crippen molar-refractivity contribution < 1.29 is 0 Å². The summed E-state index contributed by atoms with van der Waals surface area (Å²) in [4.78, 5) is 19.1. The number of nitrogens with one attached hydrogen (secondary N) is 1. The largest absolute Gasteiger partial charge is 0.353 e. The maximum absolute atomic E-state index is 12.0. The smallest absolute Gasteiger partial charge is 0.340 e. The zero-order valence-corrected chi connectivity index (χ0v) is 8.58. The van der Waals surface area contributed by atoms with Gasteiger partial charge in [-0.3, -0.25) is 4.57 Å². The lowest BCUT2D eigenvalue weighted by Gasteiger charge is -2.04. The normalized spacial score (nSPS) is 11.6. The van der Waals surface area contributed by atoms with Gasteiger partial charge in [-0.2, -0.15) is 0 Å². The molecular formula is C8H9N7O. The molecule has 0 spiro atoms. The van der Waals surface area contributed by atoms with Crippen molar-refractivity contribution in [1.29, 1.82) is 0 Å². The first-order chi connectivity index (χ1) is 7.83. The molecule has 16 heavy (non-hydrogen) atoms. The van der Waals surface area contributed by atoms with Crippen LogP contribution in [-0.4, -0.2) is 34.6 Å². The van der Waals surface area contributed by atoms with Gasteiger partial charge in [-0.05, 0) is 16.8 Å². The highest BCUT2D eigenvalue weighted by Crippen LogP contribution is 2.10. The summed E-state index contributed by atoms with van der Waals surface area (Å²) in [5, 5.41) is 11.0. The van der Waals surface area contributed by atoms with Crippen LogP contribution in [0.3, 0.4) is 0 Å². The summed E-state index contributed by atoms with van der Waals surface area (Å²) in [6, 6.07) is 0. The minimum absolute atomic E-state index is 0.263. The Morgan fingerprint density at radius 1 is 1.44 bits per heavy atom. The van der Waals surface area contributed by atoms with Crippen LogP contribution in [0.1, 0.15) is 13.3 Å². The number of aromatic amines is 1. The van der Waals surface area contributed by atoms with Crippen molar-refractivity contribution in [3.05, 3.63) is 16.8 Å². The van der Waals surface area contributed by atoms with E-state index in [0.717, 1.165) is 6.42 Å². The number of imidazole rings is 1. The van der Waals surface area contributed by atoms with E-state index in [9.17, 15) is 4.79 Å². The minimum atomic E-state index is -0.263. The first-order valence-electron chi connectivity index (χ1n) is 4.97. The molecule has 3 rings (SSSR count). The van der Waals surface area contributed by atoms with E-state index >= 15 is 0 Å². The first kappa shape index (κ1) is 9.01. The summed E-state index contributed by atoms with van der Waals surface area (Å²) in [6.07, 6.45) is 2.38. The second kappa shape index (κ2) is 3.12. The monoisotopic (exact) mass is 219 g/mol. The molecule has 0 aliphatic heterocycles. The molecule has 8 heteroatoms. The van der Waals surface area contributed by atoms with Gasteiger partial charge in [0.2, 0.25) is 5.65 Å². The van der Waals surface area contributed by atoms with Gasteiger partial charge in [-0.25, -0.2) is 9.78 Å². The number of tetrazole rings is 1. The average molecular weight is 219 g/mol. The Balaban J connectivity index is 2.56. The van der Waals surface area contributed by atoms with Gasteiger partial charge < -0.3 is 4.98 Å². The molecule has 0 bridgehead atoms. The number of nitrogens with zero attached hydrogens (tertiary/aromatic N) is 6. The van der Waals surface area contributed by atoms with Gasteiger partial charge in [0.05, 0.1) is 6.33 Å². The van der Waals surface area contributed by atoms with Crippen LogP contribution in [0, 0.1) is 0 Å². The highest BCUT2D eigenvalue weighted by atomic mass is 16.2. The van der Waals surface area contributed by atoms with E-state index < -0.39 is 0 Å². The Morgan fingerprint density at radius 3 is 3.12 bits per heavy atom. The fourth-order valence-corrected chi connectivity index (χ4v) is 1.76. The molecule has 3 aromatic rings. The summed E-state index contributed by atoms with van der Waals surface area (Å²) in [5.74, 6) is 0. The maximum Gasteiger partial charge on any atom is 0.353 e. The van der Waals surface area contributed by atoms with Crippen molar-refractivity contribution in [2.24, 2.45) is 0 Å². The standard InChI is InChI=1S/C8H9N7O/c1-2-3-14-6-5(9-4-10-6)7-11-12-13-15(7)8(14)16/h4H,2-3H2,1H3,(H,9,10). The van der Waals surface area contributed by atoms with Crippen molar-refractivity contribution in [2.75, 3.05) is 0 Å². The molecule has 3 aromatic heterocycles. The van der Waals surface area contributed by atoms with E-state index in [1.54, 1.807) is 4.57 Å². The molecule has 0 aliphatic carbocycles. The van der Waals surface area contributed by atoms with Crippen molar-refractivity contribution in [3.63, 3.8) is 0 Å². The molecule has 0 fully saturated rings. The van der Waals surface area contributed by atoms with Crippen LogP contribution in [0.4, 0.5) is 0 Å². The van der Waals surface area contributed by atoms with Crippen LogP contribution in [0.15, 0.2) is 11.1 Å². The SMILES string of the molecule is CCCn1c(=O)n2nnnc2c2[nH]cnc21. The average Bonchev–Trinajstić information content (AvgIpc) is 2.90.